The van der Waals surface area contributed by atoms with Gasteiger partial charge in [0, 0.05) is 10.9 Å². The molecule has 0 saturated heterocycles. The highest BCUT2D eigenvalue weighted by molar-refractivity contribution is 8.00. The molecule has 1 aliphatic rings. The van der Waals surface area contributed by atoms with Gasteiger partial charge in [-0.3, -0.25) is 14.2 Å². The van der Waals surface area contributed by atoms with E-state index >= 15 is 0 Å². The Morgan fingerprint density at radius 3 is 2.55 bits per heavy atom. The predicted octanol–water partition coefficient (Wildman–Crippen LogP) is 5.55. The minimum absolute atomic E-state index is 0.0477. The summed E-state index contributed by atoms with van der Waals surface area (Å²) in [5, 5.41) is 4.15. The zero-order valence-corrected chi connectivity index (χ0v) is 20.1. The van der Waals surface area contributed by atoms with Crippen LogP contribution in [0.3, 0.4) is 0 Å². The van der Waals surface area contributed by atoms with Crippen molar-refractivity contribution < 1.29 is 4.79 Å². The van der Waals surface area contributed by atoms with Crippen molar-refractivity contribution in [1.82, 2.24) is 14.9 Å². The van der Waals surface area contributed by atoms with Gasteiger partial charge in [-0.25, -0.2) is 4.98 Å². The fourth-order valence-corrected chi connectivity index (χ4v) is 6.28. The van der Waals surface area contributed by atoms with Crippen LogP contribution in [0.15, 0.2) is 40.3 Å². The normalized spacial score (nSPS) is 16.5. The minimum Gasteiger partial charge on any atom is -0.349 e. The number of nitrogens with zero attached hydrogens (tertiary/aromatic N) is 2. The Balaban J connectivity index is 1.63. The summed E-state index contributed by atoms with van der Waals surface area (Å²) in [4.78, 5) is 33.2. The molecule has 1 amide bonds. The van der Waals surface area contributed by atoms with E-state index in [1.165, 1.54) is 11.8 Å². The van der Waals surface area contributed by atoms with Crippen LogP contribution in [0, 0.1) is 13.8 Å². The monoisotopic (exact) mass is 455 g/mol. The molecule has 164 valence electrons. The number of benzene rings is 1. The largest absolute Gasteiger partial charge is 0.349 e. The summed E-state index contributed by atoms with van der Waals surface area (Å²) in [6.07, 6.45) is 4.25. The molecule has 5 nitrogen and oxygen atoms in total. The summed E-state index contributed by atoms with van der Waals surface area (Å²) >= 11 is 2.96. The average Bonchev–Trinajstić information content (AvgIpc) is 3.37. The van der Waals surface area contributed by atoms with Gasteiger partial charge in [-0.2, -0.15) is 0 Å². The van der Waals surface area contributed by atoms with E-state index in [1.807, 2.05) is 62.6 Å². The van der Waals surface area contributed by atoms with Crippen LogP contribution in [0.1, 0.15) is 67.6 Å². The zero-order valence-electron chi connectivity index (χ0n) is 18.5. The number of rotatable bonds is 6. The van der Waals surface area contributed by atoms with Gasteiger partial charge in [0.25, 0.3) is 5.56 Å². The Hall–Kier alpha value is -2.12. The lowest BCUT2D eigenvalue weighted by atomic mass is 10.1. The molecule has 1 aromatic carbocycles. The smallest absolute Gasteiger partial charge is 0.263 e. The molecule has 7 heteroatoms. The third kappa shape index (κ3) is 4.44. The molecule has 0 radical (unpaired) electrons. The second kappa shape index (κ2) is 9.17. The van der Waals surface area contributed by atoms with Gasteiger partial charge in [-0.05, 0) is 51.7 Å². The highest BCUT2D eigenvalue weighted by Crippen LogP contribution is 2.35. The third-order valence-electron chi connectivity index (χ3n) is 6.20. The molecule has 31 heavy (non-hydrogen) atoms. The van der Waals surface area contributed by atoms with Crippen molar-refractivity contribution in [2.24, 2.45) is 0 Å². The fourth-order valence-electron chi connectivity index (χ4n) is 4.22. The first-order valence-corrected chi connectivity index (χ1v) is 12.6. The van der Waals surface area contributed by atoms with Crippen molar-refractivity contribution in [2.75, 3.05) is 0 Å². The first kappa shape index (κ1) is 22.1. The molecule has 1 fully saturated rings. The van der Waals surface area contributed by atoms with Crippen LogP contribution in [0.4, 0.5) is 0 Å². The number of aromatic nitrogens is 2. The second-order valence-corrected chi connectivity index (χ2v) is 10.9. The molecule has 1 N–H and O–H groups in total. The summed E-state index contributed by atoms with van der Waals surface area (Å²) < 4.78 is 1.88. The number of aryl methyl sites for hydroxylation is 2. The number of carbonyl (C=O) groups is 1. The second-order valence-electron chi connectivity index (χ2n) is 8.37. The molecule has 0 bridgehead atoms. The molecule has 1 saturated carbocycles. The molecule has 2 aromatic heterocycles. The molecular formula is C24H29N3O2S2. The average molecular weight is 456 g/mol. The molecule has 2 unspecified atom stereocenters. The number of fused-ring (bicyclic) bond motifs is 1. The Bertz CT molecular complexity index is 1150. The molecule has 3 aromatic rings. The molecular weight excluding hydrogens is 426 g/mol. The molecule has 1 aliphatic carbocycles. The number of amides is 1. The van der Waals surface area contributed by atoms with Crippen molar-refractivity contribution in [3.63, 3.8) is 0 Å². The first-order chi connectivity index (χ1) is 14.9. The zero-order chi connectivity index (χ0) is 22.1. The lowest BCUT2D eigenvalue weighted by molar-refractivity contribution is -0.120. The SMILES string of the molecule is Cc1sc2nc(SC(C)C(=O)NC(C)c3ccccc3)n(C3CCCC3)c(=O)c2c1C. The molecule has 0 aliphatic heterocycles. The Morgan fingerprint density at radius 1 is 1.19 bits per heavy atom. The van der Waals surface area contributed by atoms with Crippen LogP contribution in [0.2, 0.25) is 0 Å². The van der Waals surface area contributed by atoms with Gasteiger partial charge < -0.3 is 5.32 Å². The van der Waals surface area contributed by atoms with E-state index in [-0.39, 0.29) is 28.8 Å². The van der Waals surface area contributed by atoms with Crippen LogP contribution < -0.4 is 10.9 Å². The first-order valence-electron chi connectivity index (χ1n) is 10.9. The van der Waals surface area contributed by atoms with Gasteiger partial charge >= 0.3 is 0 Å². The standard InChI is InChI=1S/C24H29N3O2S2/c1-14-16(3)30-22-20(14)23(29)27(19-12-8-9-13-19)24(26-22)31-17(4)21(28)25-15(2)18-10-6-5-7-11-18/h5-7,10-11,15,17,19H,8-9,12-13H2,1-4H3,(H,25,28). The number of thioether (sulfide) groups is 1. The van der Waals surface area contributed by atoms with Gasteiger partial charge in [0.1, 0.15) is 4.83 Å². The number of thiophene rings is 1. The molecule has 0 spiro atoms. The Morgan fingerprint density at radius 2 is 1.87 bits per heavy atom. The van der Waals surface area contributed by atoms with Crippen molar-refractivity contribution in [3.8, 4) is 0 Å². The fraction of sp³-hybridized carbons (Fsp3) is 0.458. The molecule has 2 atom stereocenters. The van der Waals surface area contributed by atoms with E-state index in [0.29, 0.717) is 5.16 Å². The van der Waals surface area contributed by atoms with E-state index in [9.17, 15) is 9.59 Å². The van der Waals surface area contributed by atoms with Gasteiger partial charge in [-0.15, -0.1) is 11.3 Å². The van der Waals surface area contributed by atoms with Crippen LogP contribution in [0.25, 0.3) is 10.2 Å². The Labute approximate surface area is 191 Å². The van der Waals surface area contributed by atoms with Crippen LogP contribution in [0.5, 0.6) is 0 Å². The number of hydrogen-bond acceptors (Lipinski definition) is 5. The van der Waals surface area contributed by atoms with Crippen molar-refractivity contribution in [2.45, 2.75) is 75.9 Å². The maximum absolute atomic E-state index is 13.5. The molecule has 4 rings (SSSR count). The van der Waals surface area contributed by atoms with Crippen LogP contribution in [-0.2, 0) is 4.79 Å². The summed E-state index contributed by atoms with van der Waals surface area (Å²) in [5.74, 6) is -0.0489. The highest BCUT2D eigenvalue weighted by atomic mass is 32.2. The van der Waals surface area contributed by atoms with Crippen LogP contribution >= 0.6 is 23.1 Å². The van der Waals surface area contributed by atoms with Gasteiger partial charge in [0.05, 0.1) is 16.7 Å². The van der Waals surface area contributed by atoms with Crippen molar-refractivity contribution in [1.29, 1.82) is 0 Å². The summed E-state index contributed by atoms with van der Waals surface area (Å²) in [6, 6.07) is 10.0. The third-order valence-corrected chi connectivity index (χ3v) is 8.37. The summed E-state index contributed by atoms with van der Waals surface area (Å²) in [6.45, 7) is 7.91. The summed E-state index contributed by atoms with van der Waals surface area (Å²) in [7, 11) is 0. The number of carbonyl (C=O) groups excluding carboxylic acids is 1. The number of hydrogen-bond donors (Lipinski definition) is 1. The van der Waals surface area contributed by atoms with E-state index in [1.54, 1.807) is 11.3 Å². The Kier molecular flexibility index (Phi) is 6.53. The lowest BCUT2D eigenvalue weighted by Crippen LogP contribution is -2.34. The highest BCUT2D eigenvalue weighted by Gasteiger charge is 2.27. The minimum atomic E-state index is -0.356. The lowest BCUT2D eigenvalue weighted by Gasteiger charge is -2.21. The number of nitrogens with one attached hydrogen (secondary N) is 1. The maximum Gasteiger partial charge on any atom is 0.263 e. The summed E-state index contributed by atoms with van der Waals surface area (Å²) in [5.41, 5.74) is 2.15. The van der Waals surface area contributed by atoms with Gasteiger partial charge in [0.15, 0.2) is 5.16 Å². The van der Waals surface area contributed by atoms with E-state index in [2.05, 4.69) is 5.32 Å². The van der Waals surface area contributed by atoms with E-state index < -0.39 is 0 Å². The van der Waals surface area contributed by atoms with Gasteiger partial charge in [-0.1, -0.05) is 54.9 Å². The van der Waals surface area contributed by atoms with E-state index in [4.69, 9.17) is 4.98 Å². The molecule has 2 heterocycles. The predicted molar refractivity (Wildman–Crippen MR) is 129 cm³/mol. The van der Waals surface area contributed by atoms with Gasteiger partial charge in [0.2, 0.25) is 5.91 Å². The topological polar surface area (TPSA) is 64.0 Å². The maximum atomic E-state index is 13.5. The van der Waals surface area contributed by atoms with Crippen molar-refractivity contribution in [3.05, 3.63) is 56.7 Å². The quantitative estimate of drug-likeness (QED) is 0.391. The van der Waals surface area contributed by atoms with Crippen molar-refractivity contribution >= 4 is 39.2 Å². The van der Waals surface area contributed by atoms with Crippen LogP contribution in [-0.4, -0.2) is 20.7 Å². The van der Waals surface area contributed by atoms with E-state index in [0.717, 1.165) is 51.9 Å².